The summed E-state index contributed by atoms with van der Waals surface area (Å²) >= 11 is 0. The van der Waals surface area contributed by atoms with Crippen LogP contribution >= 0.6 is 0 Å². The summed E-state index contributed by atoms with van der Waals surface area (Å²) in [4.78, 5) is 0. The van der Waals surface area contributed by atoms with Gasteiger partial charge in [0.25, 0.3) is 0 Å². The Labute approximate surface area is 121 Å². The maximum absolute atomic E-state index is 6.13. The molecule has 1 N–H and O–H groups in total. The van der Waals surface area contributed by atoms with Crippen LogP contribution in [0.5, 0.6) is 5.75 Å². The molecule has 106 valence electrons. The van der Waals surface area contributed by atoms with Crippen molar-refractivity contribution in [2.24, 2.45) is 0 Å². The van der Waals surface area contributed by atoms with E-state index in [0.29, 0.717) is 6.61 Å². The van der Waals surface area contributed by atoms with E-state index in [1.165, 1.54) is 27.8 Å². The van der Waals surface area contributed by atoms with Gasteiger partial charge in [-0.2, -0.15) is 0 Å². The minimum atomic E-state index is 0.625. The van der Waals surface area contributed by atoms with Gasteiger partial charge in [-0.3, -0.25) is 0 Å². The van der Waals surface area contributed by atoms with Gasteiger partial charge in [0.2, 0.25) is 0 Å². The van der Waals surface area contributed by atoms with Gasteiger partial charge in [-0.15, -0.1) is 0 Å². The highest BCUT2D eigenvalue weighted by atomic mass is 16.5. The van der Waals surface area contributed by atoms with E-state index >= 15 is 0 Å². The highest BCUT2D eigenvalue weighted by Crippen LogP contribution is 2.25. The van der Waals surface area contributed by atoms with Gasteiger partial charge >= 0.3 is 0 Å². The molecule has 0 spiro atoms. The second kappa shape index (κ2) is 6.58. The third kappa shape index (κ3) is 3.20. The Kier molecular flexibility index (Phi) is 4.80. The molecule has 0 atom stereocenters. The summed E-state index contributed by atoms with van der Waals surface area (Å²) in [5.74, 6) is 1.00. The van der Waals surface area contributed by atoms with Crippen molar-refractivity contribution < 1.29 is 4.74 Å². The molecule has 0 fully saturated rings. The number of benzene rings is 2. The van der Waals surface area contributed by atoms with Crippen molar-refractivity contribution >= 4 is 0 Å². The lowest BCUT2D eigenvalue weighted by Crippen LogP contribution is -2.09. The number of aryl methyl sites for hydroxylation is 3. The summed E-state index contributed by atoms with van der Waals surface area (Å²) in [6.45, 7) is 7.82. The standard InChI is InChI=1S/C18H23NO/c1-13-7-5-8-14(2)17(13)12-20-18-15(3)9-6-10-16(18)11-19-4/h5-10,19H,11-12H2,1-4H3. The van der Waals surface area contributed by atoms with Crippen LogP contribution in [-0.2, 0) is 13.2 Å². The SMILES string of the molecule is CNCc1cccc(C)c1OCc1c(C)cccc1C. The van der Waals surface area contributed by atoms with Gasteiger partial charge in [-0.05, 0) is 50.1 Å². The Bertz CT molecular complexity index is 570. The number of hydrogen-bond acceptors (Lipinski definition) is 2. The van der Waals surface area contributed by atoms with Crippen molar-refractivity contribution in [3.63, 3.8) is 0 Å². The fourth-order valence-electron chi connectivity index (χ4n) is 2.47. The molecule has 0 heterocycles. The molecule has 2 aromatic rings. The highest BCUT2D eigenvalue weighted by molar-refractivity contribution is 5.41. The minimum Gasteiger partial charge on any atom is -0.488 e. The Morgan fingerprint density at radius 2 is 1.50 bits per heavy atom. The summed E-state index contributed by atoms with van der Waals surface area (Å²) in [7, 11) is 1.96. The third-order valence-corrected chi connectivity index (χ3v) is 3.67. The van der Waals surface area contributed by atoms with Crippen LogP contribution in [0.1, 0.15) is 27.8 Å². The predicted octanol–water partition coefficient (Wildman–Crippen LogP) is 3.91. The van der Waals surface area contributed by atoms with Crippen molar-refractivity contribution in [2.45, 2.75) is 33.9 Å². The third-order valence-electron chi connectivity index (χ3n) is 3.67. The summed E-state index contributed by atoms with van der Waals surface area (Å²) in [5, 5.41) is 3.19. The molecular formula is C18H23NO. The van der Waals surface area contributed by atoms with E-state index in [9.17, 15) is 0 Å². The average molecular weight is 269 g/mol. The van der Waals surface area contributed by atoms with Crippen LogP contribution in [0.25, 0.3) is 0 Å². The first-order valence-corrected chi connectivity index (χ1v) is 7.04. The van der Waals surface area contributed by atoms with E-state index in [1.54, 1.807) is 0 Å². The second-order valence-corrected chi connectivity index (χ2v) is 5.25. The first kappa shape index (κ1) is 14.6. The van der Waals surface area contributed by atoms with Gasteiger partial charge in [-0.1, -0.05) is 36.4 Å². The normalized spacial score (nSPS) is 10.6. The summed E-state index contributed by atoms with van der Waals surface area (Å²) in [6.07, 6.45) is 0. The summed E-state index contributed by atoms with van der Waals surface area (Å²) in [5.41, 5.74) is 6.25. The van der Waals surface area contributed by atoms with Crippen LogP contribution in [-0.4, -0.2) is 7.05 Å². The number of hydrogen-bond donors (Lipinski definition) is 1. The van der Waals surface area contributed by atoms with E-state index < -0.39 is 0 Å². The molecule has 0 aliphatic heterocycles. The van der Waals surface area contributed by atoms with E-state index in [1.807, 2.05) is 7.05 Å². The zero-order chi connectivity index (χ0) is 14.5. The zero-order valence-corrected chi connectivity index (χ0v) is 12.8. The lowest BCUT2D eigenvalue weighted by Gasteiger charge is -2.16. The van der Waals surface area contributed by atoms with Crippen LogP contribution in [0.3, 0.4) is 0 Å². The van der Waals surface area contributed by atoms with Crippen LogP contribution in [0.4, 0.5) is 0 Å². The van der Waals surface area contributed by atoms with E-state index in [0.717, 1.165) is 12.3 Å². The van der Waals surface area contributed by atoms with E-state index in [-0.39, 0.29) is 0 Å². The van der Waals surface area contributed by atoms with Gasteiger partial charge in [0.1, 0.15) is 12.4 Å². The Morgan fingerprint density at radius 1 is 0.900 bits per heavy atom. The largest absolute Gasteiger partial charge is 0.488 e. The van der Waals surface area contributed by atoms with Crippen LogP contribution in [0, 0.1) is 20.8 Å². The first-order chi connectivity index (χ1) is 9.63. The molecule has 0 saturated carbocycles. The number of nitrogens with one attached hydrogen (secondary N) is 1. The molecule has 0 bridgehead atoms. The molecule has 2 heteroatoms. The monoisotopic (exact) mass is 269 g/mol. The highest BCUT2D eigenvalue weighted by Gasteiger charge is 2.08. The van der Waals surface area contributed by atoms with Crippen LogP contribution in [0.2, 0.25) is 0 Å². The molecular weight excluding hydrogens is 246 g/mol. The Hall–Kier alpha value is -1.80. The molecule has 20 heavy (non-hydrogen) atoms. The van der Waals surface area contributed by atoms with Crippen molar-refractivity contribution in [1.82, 2.24) is 5.32 Å². The fourth-order valence-corrected chi connectivity index (χ4v) is 2.47. The van der Waals surface area contributed by atoms with Gasteiger partial charge in [0, 0.05) is 12.1 Å². The molecule has 0 amide bonds. The number of rotatable bonds is 5. The number of para-hydroxylation sites is 1. The quantitative estimate of drug-likeness (QED) is 0.888. The lowest BCUT2D eigenvalue weighted by atomic mass is 10.0. The van der Waals surface area contributed by atoms with Gasteiger partial charge in [0.15, 0.2) is 0 Å². The van der Waals surface area contributed by atoms with Crippen molar-refractivity contribution in [3.8, 4) is 5.75 Å². The first-order valence-electron chi connectivity index (χ1n) is 7.04. The molecule has 0 aromatic heterocycles. The fraction of sp³-hybridized carbons (Fsp3) is 0.333. The van der Waals surface area contributed by atoms with Gasteiger partial charge in [0.05, 0.1) is 0 Å². The topological polar surface area (TPSA) is 21.3 Å². The smallest absolute Gasteiger partial charge is 0.127 e. The molecule has 0 radical (unpaired) electrons. The molecule has 0 unspecified atom stereocenters. The molecule has 0 aliphatic rings. The van der Waals surface area contributed by atoms with Crippen molar-refractivity contribution in [2.75, 3.05) is 7.05 Å². The molecule has 0 aliphatic carbocycles. The van der Waals surface area contributed by atoms with Gasteiger partial charge < -0.3 is 10.1 Å². The average Bonchev–Trinajstić information content (AvgIpc) is 2.41. The zero-order valence-electron chi connectivity index (χ0n) is 12.8. The minimum absolute atomic E-state index is 0.625. The lowest BCUT2D eigenvalue weighted by molar-refractivity contribution is 0.298. The second-order valence-electron chi connectivity index (χ2n) is 5.25. The Morgan fingerprint density at radius 3 is 2.15 bits per heavy atom. The maximum Gasteiger partial charge on any atom is 0.127 e. The van der Waals surface area contributed by atoms with Crippen LogP contribution < -0.4 is 10.1 Å². The summed E-state index contributed by atoms with van der Waals surface area (Å²) in [6, 6.07) is 12.7. The van der Waals surface area contributed by atoms with Crippen molar-refractivity contribution in [3.05, 3.63) is 64.2 Å². The predicted molar refractivity (Wildman–Crippen MR) is 84.2 cm³/mol. The maximum atomic E-state index is 6.13. The van der Waals surface area contributed by atoms with Crippen LogP contribution in [0.15, 0.2) is 36.4 Å². The molecule has 2 nitrogen and oxygen atoms in total. The summed E-state index contributed by atoms with van der Waals surface area (Å²) < 4.78 is 6.13. The van der Waals surface area contributed by atoms with Crippen molar-refractivity contribution in [1.29, 1.82) is 0 Å². The van der Waals surface area contributed by atoms with Gasteiger partial charge in [-0.25, -0.2) is 0 Å². The Balaban J connectivity index is 2.23. The van der Waals surface area contributed by atoms with E-state index in [2.05, 4.69) is 62.5 Å². The molecule has 2 rings (SSSR count). The number of ether oxygens (including phenoxy) is 1. The molecule has 0 saturated heterocycles. The van der Waals surface area contributed by atoms with E-state index in [4.69, 9.17) is 4.74 Å². The molecule has 2 aromatic carbocycles.